The molecular weight excluding hydrogens is 284 g/mol. The molecule has 3 nitrogen and oxygen atoms in total. The van der Waals surface area contributed by atoms with Crippen LogP contribution in [0.25, 0.3) is 0 Å². The quantitative estimate of drug-likeness (QED) is 0.847. The molecule has 0 aromatic heterocycles. The van der Waals surface area contributed by atoms with Crippen molar-refractivity contribution in [3.8, 4) is 0 Å². The molecule has 0 saturated carbocycles. The highest BCUT2D eigenvalue weighted by Crippen LogP contribution is 2.26. The SMILES string of the molecule is CCC(=O)Nc1ccc(Cl)c(NCc2cccc(C)c2)c1. The first kappa shape index (κ1) is 15.4. The summed E-state index contributed by atoms with van der Waals surface area (Å²) in [6.45, 7) is 4.58. The van der Waals surface area contributed by atoms with Crippen LogP contribution in [0.15, 0.2) is 42.5 Å². The van der Waals surface area contributed by atoms with Crippen molar-refractivity contribution in [3.05, 3.63) is 58.6 Å². The molecule has 0 saturated heterocycles. The molecule has 0 aliphatic rings. The van der Waals surface area contributed by atoms with Gasteiger partial charge in [0.1, 0.15) is 0 Å². The van der Waals surface area contributed by atoms with Gasteiger partial charge in [-0.2, -0.15) is 0 Å². The second kappa shape index (κ2) is 7.14. The largest absolute Gasteiger partial charge is 0.380 e. The second-order valence-corrected chi connectivity index (χ2v) is 5.35. The first-order chi connectivity index (χ1) is 10.1. The van der Waals surface area contributed by atoms with E-state index in [-0.39, 0.29) is 5.91 Å². The molecule has 0 aliphatic carbocycles. The standard InChI is InChI=1S/C17H19ClN2O/c1-3-17(21)20-14-7-8-15(18)16(10-14)19-11-13-6-4-5-12(2)9-13/h4-10,19H,3,11H2,1-2H3,(H,20,21). The molecule has 2 aromatic carbocycles. The third-order valence-electron chi connectivity index (χ3n) is 3.14. The molecule has 0 radical (unpaired) electrons. The van der Waals surface area contributed by atoms with Crippen LogP contribution < -0.4 is 10.6 Å². The molecule has 0 fully saturated rings. The predicted octanol–water partition coefficient (Wildman–Crippen LogP) is 4.61. The van der Waals surface area contributed by atoms with Gasteiger partial charge in [-0.05, 0) is 30.7 Å². The Bertz CT molecular complexity index is 640. The minimum atomic E-state index is -0.0121. The minimum absolute atomic E-state index is 0.0121. The van der Waals surface area contributed by atoms with Gasteiger partial charge in [0.25, 0.3) is 0 Å². The van der Waals surface area contributed by atoms with Crippen LogP contribution in [0.2, 0.25) is 5.02 Å². The van der Waals surface area contributed by atoms with Gasteiger partial charge < -0.3 is 10.6 Å². The van der Waals surface area contributed by atoms with E-state index in [2.05, 4.69) is 35.8 Å². The van der Waals surface area contributed by atoms with Crippen LogP contribution in [0.4, 0.5) is 11.4 Å². The number of hydrogen-bond donors (Lipinski definition) is 2. The Balaban J connectivity index is 2.08. The lowest BCUT2D eigenvalue weighted by Crippen LogP contribution is -2.09. The molecule has 21 heavy (non-hydrogen) atoms. The number of anilines is 2. The third-order valence-corrected chi connectivity index (χ3v) is 3.47. The van der Waals surface area contributed by atoms with Crippen LogP contribution in [0, 0.1) is 6.92 Å². The highest BCUT2D eigenvalue weighted by molar-refractivity contribution is 6.33. The van der Waals surface area contributed by atoms with Crippen LogP contribution in [-0.2, 0) is 11.3 Å². The fourth-order valence-electron chi connectivity index (χ4n) is 2.01. The monoisotopic (exact) mass is 302 g/mol. The fourth-order valence-corrected chi connectivity index (χ4v) is 2.19. The Morgan fingerprint density at radius 3 is 2.71 bits per heavy atom. The number of carbonyl (C=O) groups is 1. The zero-order valence-electron chi connectivity index (χ0n) is 12.2. The maximum Gasteiger partial charge on any atom is 0.224 e. The number of nitrogens with one attached hydrogen (secondary N) is 2. The van der Waals surface area contributed by atoms with E-state index >= 15 is 0 Å². The summed E-state index contributed by atoms with van der Waals surface area (Å²) in [7, 11) is 0. The maximum atomic E-state index is 11.4. The third kappa shape index (κ3) is 4.50. The summed E-state index contributed by atoms with van der Waals surface area (Å²) in [4.78, 5) is 11.4. The van der Waals surface area contributed by atoms with Crippen molar-refractivity contribution in [1.29, 1.82) is 0 Å². The van der Waals surface area contributed by atoms with Crippen molar-refractivity contribution in [2.45, 2.75) is 26.8 Å². The number of aryl methyl sites for hydroxylation is 1. The highest BCUT2D eigenvalue weighted by Gasteiger charge is 2.04. The summed E-state index contributed by atoms with van der Waals surface area (Å²) in [6.07, 6.45) is 0.453. The molecule has 0 heterocycles. The number of amides is 1. The van der Waals surface area contributed by atoms with Crippen molar-refractivity contribution in [3.63, 3.8) is 0 Å². The van der Waals surface area contributed by atoms with E-state index in [4.69, 9.17) is 11.6 Å². The van der Waals surface area contributed by atoms with Crippen molar-refractivity contribution >= 4 is 28.9 Å². The van der Waals surface area contributed by atoms with Crippen LogP contribution in [0.1, 0.15) is 24.5 Å². The number of carbonyl (C=O) groups excluding carboxylic acids is 1. The summed E-state index contributed by atoms with van der Waals surface area (Å²) >= 11 is 6.19. The fraction of sp³-hybridized carbons (Fsp3) is 0.235. The molecule has 0 aliphatic heterocycles. The summed E-state index contributed by atoms with van der Waals surface area (Å²) in [5, 5.41) is 6.77. The zero-order chi connectivity index (χ0) is 15.2. The number of halogens is 1. The lowest BCUT2D eigenvalue weighted by atomic mass is 10.1. The average molecular weight is 303 g/mol. The van der Waals surface area contributed by atoms with Crippen molar-refractivity contribution in [1.82, 2.24) is 0 Å². The van der Waals surface area contributed by atoms with Crippen LogP contribution in [-0.4, -0.2) is 5.91 Å². The number of hydrogen-bond acceptors (Lipinski definition) is 2. The van der Waals surface area contributed by atoms with Crippen molar-refractivity contribution in [2.75, 3.05) is 10.6 Å². The normalized spacial score (nSPS) is 10.2. The molecule has 110 valence electrons. The Labute approximate surface area is 130 Å². The van der Waals surface area contributed by atoms with E-state index in [1.165, 1.54) is 11.1 Å². The average Bonchev–Trinajstić information content (AvgIpc) is 2.47. The van der Waals surface area contributed by atoms with E-state index in [9.17, 15) is 4.79 Å². The summed E-state index contributed by atoms with van der Waals surface area (Å²) in [6, 6.07) is 13.7. The van der Waals surface area contributed by atoms with E-state index in [0.717, 1.165) is 11.4 Å². The molecule has 2 N–H and O–H groups in total. The summed E-state index contributed by atoms with van der Waals surface area (Å²) < 4.78 is 0. The lowest BCUT2D eigenvalue weighted by molar-refractivity contribution is -0.115. The van der Waals surface area contributed by atoms with Crippen LogP contribution in [0.5, 0.6) is 0 Å². The summed E-state index contributed by atoms with van der Waals surface area (Å²) in [5.74, 6) is -0.0121. The summed E-state index contributed by atoms with van der Waals surface area (Å²) in [5.41, 5.74) is 3.98. The topological polar surface area (TPSA) is 41.1 Å². The van der Waals surface area contributed by atoms with Gasteiger partial charge in [-0.3, -0.25) is 4.79 Å². The van der Waals surface area contributed by atoms with Gasteiger partial charge in [-0.25, -0.2) is 0 Å². The van der Waals surface area contributed by atoms with Gasteiger partial charge >= 0.3 is 0 Å². The lowest BCUT2D eigenvalue weighted by Gasteiger charge is -2.11. The van der Waals surface area contributed by atoms with Gasteiger partial charge in [0, 0.05) is 18.7 Å². The molecule has 0 spiro atoms. The van der Waals surface area contributed by atoms with E-state index in [0.29, 0.717) is 18.0 Å². The molecular formula is C17H19ClN2O. The van der Waals surface area contributed by atoms with Gasteiger partial charge in [-0.1, -0.05) is 48.4 Å². The molecule has 2 rings (SSSR count). The second-order valence-electron chi connectivity index (χ2n) is 4.94. The van der Waals surface area contributed by atoms with Gasteiger partial charge in [0.05, 0.1) is 10.7 Å². The minimum Gasteiger partial charge on any atom is -0.380 e. The van der Waals surface area contributed by atoms with Gasteiger partial charge in [0.2, 0.25) is 5.91 Å². The smallest absolute Gasteiger partial charge is 0.224 e. The Morgan fingerprint density at radius 1 is 1.19 bits per heavy atom. The van der Waals surface area contributed by atoms with Gasteiger partial charge in [-0.15, -0.1) is 0 Å². The Hall–Kier alpha value is -2.00. The van der Waals surface area contributed by atoms with Crippen molar-refractivity contribution < 1.29 is 4.79 Å². The number of rotatable bonds is 5. The molecule has 0 atom stereocenters. The molecule has 2 aromatic rings. The van der Waals surface area contributed by atoms with E-state index in [1.54, 1.807) is 12.1 Å². The van der Waals surface area contributed by atoms with E-state index < -0.39 is 0 Å². The Kier molecular flexibility index (Phi) is 5.23. The molecule has 0 unspecified atom stereocenters. The first-order valence-corrected chi connectivity index (χ1v) is 7.35. The predicted molar refractivity (Wildman–Crippen MR) is 88.9 cm³/mol. The zero-order valence-corrected chi connectivity index (χ0v) is 13.0. The molecule has 4 heteroatoms. The van der Waals surface area contributed by atoms with E-state index in [1.807, 2.05) is 19.1 Å². The van der Waals surface area contributed by atoms with Gasteiger partial charge in [0.15, 0.2) is 0 Å². The number of benzene rings is 2. The van der Waals surface area contributed by atoms with Crippen LogP contribution in [0.3, 0.4) is 0 Å². The van der Waals surface area contributed by atoms with Crippen LogP contribution >= 0.6 is 11.6 Å². The molecule has 1 amide bonds. The first-order valence-electron chi connectivity index (χ1n) is 6.97. The Morgan fingerprint density at radius 2 is 2.00 bits per heavy atom. The van der Waals surface area contributed by atoms with Crippen molar-refractivity contribution in [2.24, 2.45) is 0 Å². The maximum absolute atomic E-state index is 11.4. The highest BCUT2D eigenvalue weighted by atomic mass is 35.5. The molecule has 0 bridgehead atoms.